The van der Waals surface area contributed by atoms with Crippen LogP contribution in [-0.4, -0.2) is 48.6 Å². The molecule has 1 aromatic heterocycles. The highest BCUT2D eigenvalue weighted by Crippen LogP contribution is 2.46. The second-order valence-electron chi connectivity index (χ2n) is 8.22. The smallest absolute Gasteiger partial charge is 0.227 e. The molecule has 4 saturated heterocycles. The van der Waals surface area contributed by atoms with Gasteiger partial charge in [-0.05, 0) is 49.5 Å². The van der Waals surface area contributed by atoms with Crippen molar-refractivity contribution in [1.82, 2.24) is 9.80 Å². The van der Waals surface area contributed by atoms with Crippen molar-refractivity contribution in [2.24, 2.45) is 5.92 Å². The second-order valence-corrected chi connectivity index (χ2v) is 8.22. The van der Waals surface area contributed by atoms with Crippen LogP contribution in [-0.2, 0) is 6.54 Å². The third kappa shape index (κ3) is 2.95. The van der Waals surface area contributed by atoms with Crippen molar-refractivity contribution in [1.29, 1.82) is 0 Å². The maximum Gasteiger partial charge on any atom is 0.227 e. The summed E-state index contributed by atoms with van der Waals surface area (Å²) >= 11 is 0. The van der Waals surface area contributed by atoms with Crippen molar-refractivity contribution in [3.63, 3.8) is 0 Å². The zero-order valence-electron chi connectivity index (χ0n) is 16.0. The largest absolute Gasteiger partial charge is 0.490 e. The van der Waals surface area contributed by atoms with Gasteiger partial charge in [0.1, 0.15) is 17.8 Å². The fraction of sp³-hybridized carbons (Fsp3) is 0.500. The first-order valence-corrected chi connectivity index (χ1v) is 10.0. The summed E-state index contributed by atoms with van der Waals surface area (Å²) in [6.07, 6.45) is 3.85. The topological polar surface area (TPSA) is 45.9 Å². The Morgan fingerprint density at radius 2 is 1.93 bits per heavy atom. The van der Waals surface area contributed by atoms with Crippen molar-refractivity contribution in [2.75, 3.05) is 26.7 Å². The number of likely N-dealkylation sites (tertiary alicyclic amines) is 1. The molecule has 3 atom stereocenters. The van der Waals surface area contributed by atoms with Crippen LogP contribution < -0.4 is 10.2 Å². The molecule has 0 radical (unpaired) electrons. The van der Waals surface area contributed by atoms with Crippen molar-refractivity contribution < 1.29 is 13.5 Å². The molecule has 28 heavy (non-hydrogen) atoms. The molecule has 6 heteroatoms. The van der Waals surface area contributed by atoms with Crippen LogP contribution in [0, 0.1) is 11.7 Å². The third-order valence-electron chi connectivity index (χ3n) is 6.82. The number of rotatable bonds is 4. The number of hydrogen-bond donors (Lipinski definition) is 0. The van der Waals surface area contributed by atoms with Gasteiger partial charge in [0, 0.05) is 30.6 Å². The number of benzene rings is 1. The first kappa shape index (κ1) is 17.9. The van der Waals surface area contributed by atoms with Crippen LogP contribution in [0.2, 0.25) is 0 Å². The highest BCUT2D eigenvalue weighted by molar-refractivity contribution is 5.28. The van der Waals surface area contributed by atoms with E-state index in [1.165, 1.54) is 31.8 Å². The van der Waals surface area contributed by atoms with E-state index < -0.39 is 0 Å². The summed E-state index contributed by atoms with van der Waals surface area (Å²) in [7, 11) is 1.47. The van der Waals surface area contributed by atoms with Gasteiger partial charge in [0.25, 0.3) is 0 Å². The summed E-state index contributed by atoms with van der Waals surface area (Å²) in [6, 6.07) is 9.42. The van der Waals surface area contributed by atoms with E-state index in [-0.39, 0.29) is 17.0 Å². The number of halogens is 1. The average molecular weight is 384 g/mol. The summed E-state index contributed by atoms with van der Waals surface area (Å²) in [6.45, 7) is 3.80. The van der Waals surface area contributed by atoms with Crippen molar-refractivity contribution in [3.8, 4) is 5.75 Å². The molecule has 4 aliphatic heterocycles. The maximum absolute atomic E-state index is 13.4. The number of hydrogen-bond acceptors (Lipinski definition) is 5. The molecule has 0 unspecified atom stereocenters. The van der Waals surface area contributed by atoms with Gasteiger partial charge in [-0.3, -0.25) is 14.6 Å². The van der Waals surface area contributed by atoms with Gasteiger partial charge in [0.2, 0.25) is 11.2 Å². The molecule has 0 N–H and O–H groups in total. The van der Waals surface area contributed by atoms with E-state index in [0.29, 0.717) is 36.2 Å². The molecule has 0 spiro atoms. The highest BCUT2D eigenvalue weighted by atomic mass is 19.1. The van der Waals surface area contributed by atoms with Gasteiger partial charge in [0.15, 0.2) is 0 Å². The molecule has 6 rings (SSSR count). The fourth-order valence-electron chi connectivity index (χ4n) is 5.60. The summed E-state index contributed by atoms with van der Waals surface area (Å²) < 4.78 is 24.1. The minimum absolute atomic E-state index is 0.150. The summed E-state index contributed by atoms with van der Waals surface area (Å²) in [5.41, 5.74) is 1.05. The lowest BCUT2D eigenvalue weighted by Gasteiger charge is -2.51. The Labute approximate surface area is 163 Å². The summed E-state index contributed by atoms with van der Waals surface area (Å²) in [5.74, 6) is 1.72. The fourth-order valence-corrected chi connectivity index (χ4v) is 5.60. The van der Waals surface area contributed by atoms with Crippen molar-refractivity contribution >= 4 is 0 Å². The molecular formula is C22H25FN2O3. The van der Waals surface area contributed by atoms with E-state index in [2.05, 4.69) is 9.80 Å². The Bertz CT molecular complexity index is 905. The molecule has 2 bridgehead atoms. The number of nitrogens with zero attached hydrogens (tertiary/aromatic N) is 2. The quantitative estimate of drug-likeness (QED) is 0.811. The van der Waals surface area contributed by atoms with E-state index in [0.717, 1.165) is 19.6 Å². The minimum atomic E-state index is -0.194. The summed E-state index contributed by atoms with van der Waals surface area (Å²) in [4.78, 5) is 17.2. The SMILES string of the molecule is COc1coc(CN2C[C@H](c3ccc(F)cc3)[C@H]3[C@@H]2C2CCN3CC2)cc1=O. The molecule has 4 aliphatic rings. The molecule has 1 aromatic carbocycles. The van der Waals surface area contributed by atoms with Crippen LogP contribution in [0.3, 0.4) is 0 Å². The number of methoxy groups -OCH3 is 1. The normalized spacial score (nSPS) is 31.7. The van der Waals surface area contributed by atoms with Crippen LogP contribution in [0.1, 0.15) is 30.1 Å². The van der Waals surface area contributed by atoms with Crippen LogP contribution >= 0.6 is 0 Å². The van der Waals surface area contributed by atoms with Crippen LogP contribution in [0.5, 0.6) is 5.75 Å². The van der Waals surface area contributed by atoms with Crippen LogP contribution in [0.15, 0.2) is 45.8 Å². The standard InChI is InChI=1S/C22H25FN2O3/c1-27-20-13-28-17(10-19(20)26)11-25-12-18(14-2-4-16(23)5-3-14)22-21(25)15-6-8-24(22)9-7-15/h2-5,10,13,15,18,21-22H,6-9,11-12H2,1H3/t18-,21+,22+/m1/s1. The van der Waals surface area contributed by atoms with Gasteiger partial charge in [-0.2, -0.15) is 0 Å². The molecule has 2 aromatic rings. The number of ether oxygens (including phenoxy) is 1. The van der Waals surface area contributed by atoms with Gasteiger partial charge in [0.05, 0.1) is 13.7 Å². The van der Waals surface area contributed by atoms with E-state index in [1.807, 2.05) is 12.1 Å². The summed E-state index contributed by atoms with van der Waals surface area (Å²) in [5, 5.41) is 0. The Kier molecular flexibility index (Phi) is 4.48. The Morgan fingerprint density at radius 1 is 1.18 bits per heavy atom. The molecule has 148 valence electrons. The van der Waals surface area contributed by atoms with Gasteiger partial charge in [-0.25, -0.2) is 4.39 Å². The lowest BCUT2D eigenvalue weighted by atomic mass is 9.75. The average Bonchev–Trinajstić information content (AvgIpc) is 3.11. The molecule has 4 fully saturated rings. The Balaban J connectivity index is 1.45. The Hall–Kier alpha value is -2.18. The molecular weight excluding hydrogens is 359 g/mol. The first-order valence-electron chi connectivity index (χ1n) is 10.0. The zero-order chi connectivity index (χ0) is 19.3. The van der Waals surface area contributed by atoms with Gasteiger partial charge < -0.3 is 9.15 Å². The van der Waals surface area contributed by atoms with Crippen molar-refractivity contribution in [2.45, 2.75) is 37.4 Å². The van der Waals surface area contributed by atoms with E-state index >= 15 is 0 Å². The maximum atomic E-state index is 13.4. The molecule has 5 heterocycles. The van der Waals surface area contributed by atoms with Crippen LogP contribution in [0.4, 0.5) is 4.39 Å². The lowest BCUT2D eigenvalue weighted by Crippen LogP contribution is -2.59. The van der Waals surface area contributed by atoms with Gasteiger partial charge >= 0.3 is 0 Å². The minimum Gasteiger partial charge on any atom is -0.490 e. The lowest BCUT2D eigenvalue weighted by molar-refractivity contribution is -0.0103. The van der Waals surface area contributed by atoms with Gasteiger partial charge in [-0.15, -0.1) is 0 Å². The van der Waals surface area contributed by atoms with Gasteiger partial charge in [-0.1, -0.05) is 12.1 Å². The molecule has 0 aliphatic carbocycles. The van der Waals surface area contributed by atoms with Crippen molar-refractivity contribution in [3.05, 3.63) is 64.0 Å². The number of piperidine rings is 3. The third-order valence-corrected chi connectivity index (χ3v) is 6.82. The van der Waals surface area contributed by atoms with E-state index in [1.54, 1.807) is 18.2 Å². The Morgan fingerprint density at radius 3 is 2.61 bits per heavy atom. The second kappa shape index (κ2) is 7.01. The predicted molar refractivity (Wildman–Crippen MR) is 103 cm³/mol. The van der Waals surface area contributed by atoms with Crippen LogP contribution in [0.25, 0.3) is 0 Å². The number of fused-ring (bicyclic) bond motifs is 2. The van der Waals surface area contributed by atoms with E-state index in [4.69, 9.17) is 9.15 Å². The highest BCUT2D eigenvalue weighted by Gasteiger charge is 2.53. The zero-order valence-corrected chi connectivity index (χ0v) is 16.0. The molecule has 5 nitrogen and oxygen atoms in total. The monoisotopic (exact) mass is 384 g/mol. The molecule has 0 saturated carbocycles. The molecule has 0 amide bonds. The van der Waals surface area contributed by atoms with E-state index in [9.17, 15) is 9.18 Å². The predicted octanol–water partition coefficient (Wildman–Crippen LogP) is 2.85. The first-order chi connectivity index (χ1) is 13.6.